The lowest BCUT2D eigenvalue weighted by Crippen LogP contribution is -2.46. The molecule has 1 atom stereocenters. The number of alkyl halides is 3. The van der Waals surface area contributed by atoms with Gasteiger partial charge in [-0.25, -0.2) is 0 Å². The van der Waals surface area contributed by atoms with Crippen molar-refractivity contribution in [2.24, 2.45) is 11.7 Å². The second-order valence-corrected chi connectivity index (χ2v) is 3.58. The molecule has 1 rings (SSSR count). The van der Waals surface area contributed by atoms with Gasteiger partial charge in [0.15, 0.2) is 5.11 Å². The van der Waals surface area contributed by atoms with Crippen molar-refractivity contribution < 1.29 is 13.2 Å². The van der Waals surface area contributed by atoms with Crippen molar-refractivity contribution in [2.75, 3.05) is 13.1 Å². The monoisotopic (exact) mass is 212 g/mol. The zero-order valence-corrected chi connectivity index (χ0v) is 7.79. The first kappa shape index (κ1) is 10.6. The fourth-order valence-electron chi connectivity index (χ4n) is 1.44. The molecule has 0 aromatic rings. The minimum absolute atomic E-state index is 0.0638. The molecule has 2 nitrogen and oxygen atoms in total. The first-order chi connectivity index (χ1) is 5.91. The minimum Gasteiger partial charge on any atom is -0.376 e. The van der Waals surface area contributed by atoms with Gasteiger partial charge in [0.05, 0.1) is 5.92 Å². The first-order valence-electron chi connectivity index (χ1n) is 4.02. The second-order valence-electron chi connectivity index (χ2n) is 3.17. The van der Waals surface area contributed by atoms with Crippen LogP contribution in [0.4, 0.5) is 13.2 Å². The van der Waals surface area contributed by atoms with E-state index in [-0.39, 0.29) is 18.1 Å². The van der Waals surface area contributed by atoms with Crippen LogP contribution in [-0.2, 0) is 0 Å². The molecule has 1 aliphatic heterocycles. The molecule has 0 aromatic heterocycles. The van der Waals surface area contributed by atoms with Crippen LogP contribution in [-0.4, -0.2) is 29.3 Å². The molecule has 1 fully saturated rings. The number of halogens is 3. The van der Waals surface area contributed by atoms with Crippen molar-refractivity contribution >= 4 is 17.3 Å². The summed E-state index contributed by atoms with van der Waals surface area (Å²) in [6.45, 7) is 0.459. The Bertz CT molecular complexity index is 204. The summed E-state index contributed by atoms with van der Waals surface area (Å²) in [5, 5.41) is 0.0638. The molecule has 1 heterocycles. The van der Waals surface area contributed by atoms with E-state index in [1.165, 1.54) is 4.90 Å². The smallest absolute Gasteiger partial charge is 0.376 e. The van der Waals surface area contributed by atoms with Crippen molar-refractivity contribution in [3.05, 3.63) is 0 Å². The third kappa shape index (κ3) is 2.72. The van der Waals surface area contributed by atoms with Gasteiger partial charge in [-0.3, -0.25) is 0 Å². The van der Waals surface area contributed by atoms with Gasteiger partial charge in [0.25, 0.3) is 0 Å². The van der Waals surface area contributed by atoms with Crippen molar-refractivity contribution in [3.8, 4) is 0 Å². The predicted octanol–water partition coefficient (Wildman–Crippen LogP) is 1.50. The first-order valence-corrected chi connectivity index (χ1v) is 4.43. The van der Waals surface area contributed by atoms with Crippen molar-refractivity contribution in [2.45, 2.75) is 19.0 Å². The van der Waals surface area contributed by atoms with Crippen molar-refractivity contribution in [1.82, 2.24) is 4.90 Å². The number of thiocarbonyl (C=S) groups is 1. The number of hydrogen-bond donors (Lipinski definition) is 1. The summed E-state index contributed by atoms with van der Waals surface area (Å²) in [7, 11) is 0. The van der Waals surface area contributed by atoms with Gasteiger partial charge >= 0.3 is 6.18 Å². The third-order valence-electron chi connectivity index (χ3n) is 2.20. The van der Waals surface area contributed by atoms with Crippen LogP contribution in [0.15, 0.2) is 0 Å². The molecule has 0 radical (unpaired) electrons. The van der Waals surface area contributed by atoms with E-state index in [0.717, 1.165) is 0 Å². The van der Waals surface area contributed by atoms with Gasteiger partial charge in [0.1, 0.15) is 0 Å². The van der Waals surface area contributed by atoms with E-state index in [9.17, 15) is 13.2 Å². The fourth-order valence-corrected chi connectivity index (χ4v) is 1.61. The molecule has 76 valence electrons. The lowest BCUT2D eigenvalue weighted by atomic mass is 9.98. The number of hydrogen-bond acceptors (Lipinski definition) is 1. The normalized spacial score (nSPS) is 24.5. The van der Waals surface area contributed by atoms with Gasteiger partial charge in [0, 0.05) is 13.1 Å². The highest BCUT2D eigenvalue weighted by Gasteiger charge is 2.41. The van der Waals surface area contributed by atoms with Gasteiger partial charge in [-0.05, 0) is 25.1 Å². The van der Waals surface area contributed by atoms with E-state index in [1.54, 1.807) is 0 Å². The number of nitrogens with zero attached hydrogens (tertiary/aromatic N) is 1. The summed E-state index contributed by atoms with van der Waals surface area (Å²) < 4.78 is 36.8. The van der Waals surface area contributed by atoms with Gasteiger partial charge in [0.2, 0.25) is 0 Å². The molecule has 13 heavy (non-hydrogen) atoms. The lowest BCUT2D eigenvalue weighted by molar-refractivity contribution is -0.183. The van der Waals surface area contributed by atoms with Crippen LogP contribution in [0.1, 0.15) is 12.8 Å². The zero-order chi connectivity index (χ0) is 10.1. The minimum atomic E-state index is -4.12. The van der Waals surface area contributed by atoms with E-state index in [1.807, 2.05) is 0 Å². The molecule has 0 spiro atoms. The highest BCUT2D eigenvalue weighted by atomic mass is 32.1. The summed E-state index contributed by atoms with van der Waals surface area (Å²) >= 11 is 4.63. The molecule has 6 heteroatoms. The van der Waals surface area contributed by atoms with Gasteiger partial charge in [-0.1, -0.05) is 0 Å². The Hall–Kier alpha value is -0.520. The summed E-state index contributed by atoms with van der Waals surface area (Å²) in [6.07, 6.45) is -3.44. The standard InChI is InChI=1S/C7H11F3N2S/c8-7(9,10)5-2-1-3-12(4-5)6(11)13/h5H,1-4H2,(H2,11,13). The maximum atomic E-state index is 12.3. The molecule has 0 aliphatic carbocycles. The van der Waals surface area contributed by atoms with Crippen LogP contribution in [0.25, 0.3) is 0 Å². The predicted molar refractivity (Wildman–Crippen MR) is 47.1 cm³/mol. The van der Waals surface area contributed by atoms with Gasteiger partial charge in [-0.15, -0.1) is 0 Å². The molecular weight excluding hydrogens is 201 g/mol. The number of rotatable bonds is 0. The lowest BCUT2D eigenvalue weighted by Gasteiger charge is -2.33. The SMILES string of the molecule is NC(=S)N1CCCC(C(F)(F)F)C1. The van der Waals surface area contributed by atoms with Crippen LogP contribution in [0.5, 0.6) is 0 Å². The van der Waals surface area contributed by atoms with Crippen molar-refractivity contribution in [3.63, 3.8) is 0 Å². The van der Waals surface area contributed by atoms with Crippen LogP contribution < -0.4 is 5.73 Å². The number of piperidine rings is 1. The molecular formula is C7H11F3N2S. The van der Waals surface area contributed by atoms with E-state index >= 15 is 0 Å². The van der Waals surface area contributed by atoms with Crippen molar-refractivity contribution in [1.29, 1.82) is 0 Å². The van der Waals surface area contributed by atoms with E-state index < -0.39 is 12.1 Å². The summed E-state index contributed by atoms with van der Waals surface area (Å²) in [5.41, 5.74) is 5.26. The second kappa shape index (κ2) is 3.69. The van der Waals surface area contributed by atoms with E-state index in [0.29, 0.717) is 13.0 Å². The highest BCUT2D eigenvalue weighted by Crippen LogP contribution is 2.32. The quantitative estimate of drug-likeness (QED) is 0.617. The molecule has 2 N–H and O–H groups in total. The molecule has 0 bridgehead atoms. The third-order valence-corrected chi connectivity index (χ3v) is 2.45. The topological polar surface area (TPSA) is 29.3 Å². The summed E-state index contributed by atoms with van der Waals surface area (Å²) in [6, 6.07) is 0. The number of nitrogens with two attached hydrogens (primary N) is 1. The maximum Gasteiger partial charge on any atom is 0.393 e. The van der Waals surface area contributed by atoms with Crippen LogP contribution in [0.3, 0.4) is 0 Å². The van der Waals surface area contributed by atoms with E-state index in [2.05, 4.69) is 12.2 Å². The molecule has 0 saturated carbocycles. The largest absolute Gasteiger partial charge is 0.393 e. The Kier molecular flexibility index (Phi) is 3.00. The molecule has 0 aromatic carbocycles. The van der Waals surface area contributed by atoms with Gasteiger partial charge in [-0.2, -0.15) is 13.2 Å². The highest BCUT2D eigenvalue weighted by molar-refractivity contribution is 7.80. The van der Waals surface area contributed by atoms with E-state index in [4.69, 9.17) is 5.73 Å². The van der Waals surface area contributed by atoms with Gasteiger partial charge < -0.3 is 10.6 Å². The number of likely N-dealkylation sites (tertiary alicyclic amines) is 1. The fraction of sp³-hybridized carbons (Fsp3) is 0.857. The Morgan fingerprint density at radius 1 is 1.46 bits per heavy atom. The molecule has 0 amide bonds. The average molecular weight is 212 g/mol. The molecule has 1 saturated heterocycles. The van der Waals surface area contributed by atoms with Crippen LogP contribution >= 0.6 is 12.2 Å². The average Bonchev–Trinajstić information content (AvgIpc) is 2.03. The molecule has 1 aliphatic rings. The Morgan fingerprint density at radius 3 is 2.54 bits per heavy atom. The molecule has 1 unspecified atom stereocenters. The summed E-state index contributed by atoms with van der Waals surface area (Å²) in [5.74, 6) is -1.28. The zero-order valence-electron chi connectivity index (χ0n) is 6.97. The van der Waals surface area contributed by atoms with Crippen LogP contribution in [0.2, 0.25) is 0 Å². The Balaban J connectivity index is 2.57. The maximum absolute atomic E-state index is 12.3. The summed E-state index contributed by atoms with van der Waals surface area (Å²) in [4.78, 5) is 1.41. The van der Waals surface area contributed by atoms with Crippen LogP contribution in [0, 0.1) is 5.92 Å². The Morgan fingerprint density at radius 2 is 2.08 bits per heavy atom. The Labute approximate surface area is 79.9 Å².